The van der Waals surface area contributed by atoms with Crippen LogP contribution in [0.1, 0.15) is 43.9 Å². The number of hydrogen-bond donors (Lipinski definition) is 3. The molecular formula is C13H20BNO3. The molecule has 1 aliphatic carbocycles. The van der Waals surface area contributed by atoms with E-state index in [1.165, 1.54) is 19.3 Å². The van der Waals surface area contributed by atoms with E-state index in [1.807, 2.05) is 0 Å². The minimum absolute atomic E-state index is 0. The number of amides is 1. The second kappa shape index (κ2) is 6.02. The van der Waals surface area contributed by atoms with Crippen LogP contribution in [-0.2, 0) is 0 Å². The van der Waals surface area contributed by atoms with Crippen molar-refractivity contribution in [2.75, 3.05) is 0 Å². The van der Waals surface area contributed by atoms with Crippen LogP contribution in [0, 0.1) is 0 Å². The van der Waals surface area contributed by atoms with Crippen LogP contribution >= 0.6 is 0 Å². The molecular weight excluding hydrogens is 229 g/mol. The van der Waals surface area contributed by atoms with Gasteiger partial charge in [0.2, 0.25) is 0 Å². The lowest BCUT2D eigenvalue weighted by Crippen LogP contribution is -2.36. The van der Waals surface area contributed by atoms with Gasteiger partial charge in [0.1, 0.15) is 0 Å². The van der Waals surface area contributed by atoms with Crippen LogP contribution < -0.4 is 10.8 Å². The number of nitrogens with one attached hydrogen (secondary N) is 1. The van der Waals surface area contributed by atoms with Crippen LogP contribution in [0.5, 0.6) is 0 Å². The van der Waals surface area contributed by atoms with Gasteiger partial charge in [0, 0.05) is 13.0 Å². The maximum atomic E-state index is 12.0. The van der Waals surface area contributed by atoms with E-state index in [2.05, 4.69) is 5.32 Å². The smallest absolute Gasteiger partial charge is 0.423 e. The standard InChI is InChI=1S/C13H18BNO3.H2/c16-13(15-12-4-2-1-3-5-12)10-6-8-11(9-7-10)14(17)18;/h6-9,12,17-18H,1-5H2,(H,15,16);1H. The van der Waals surface area contributed by atoms with Gasteiger partial charge in [-0.15, -0.1) is 0 Å². The van der Waals surface area contributed by atoms with Gasteiger partial charge in [-0.3, -0.25) is 4.79 Å². The van der Waals surface area contributed by atoms with Crippen molar-refractivity contribution in [1.29, 1.82) is 0 Å². The van der Waals surface area contributed by atoms with Gasteiger partial charge in [-0.1, -0.05) is 31.4 Å². The summed E-state index contributed by atoms with van der Waals surface area (Å²) in [5, 5.41) is 21.0. The third kappa shape index (κ3) is 3.34. The average Bonchev–Trinajstić information content (AvgIpc) is 2.40. The molecule has 1 fully saturated rings. The molecule has 0 radical (unpaired) electrons. The molecule has 18 heavy (non-hydrogen) atoms. The Labute approximate surface area is 109 Å². The molecule has 1 amide bonds. The molecule has 1 aromatic rings. The van der Waals surface area contributed by atoms with Gasteiger partial charge < -0.3 is 15.4 Å². The van der Waals surface area contributed by atoms with Crippen LogP contribution in [0.4, 0.5) is 0 Å². The molecule has 3 N–H and O–H groups in total. The fourth-order valence-corrected chi connectivity index (χ4v) is 2.32. The summed E-state index contributed by atoms with van der Waals surface area (Å²) in [4.78, 5) is 12.0. The zero-order valence-electron chi connectivity index (χ0n) is 10.3. The van der Waals surface area contributed by atoms with Crippen LogP contribution in [0.2, 0.25) is 0 Å². The first kappa shape index (κ1) is 13.1. The van der Waals surface area contributed by atoms with Crippen molar-refractivity contribution < 1.29 is 16.3 Å². The second-order valence-corrected chi connectivity index (χ2v) is 4.80. The van der Waals surface area contributed by atoms with Gasteiger partial charge >= 0.3 is 7.12 Å². The SMILES string of the molecule is O=C(NC1CCCCC1)c1ccc(B(O)O)cc1.[HH]. The van der Waals surface area contributed by atoms with Crippen molar-refractivity contribution in [1.82, 2.24) is 5.32 Å². The quantitative estimate of drug-likeness (QED) is 0.690. The van der Waals surface area contributed by atoms with Gasteiger partial charge in [0.05, 0.1) is 0 Å². The third-order valence-electron chi connectivity index (χ3n) is 3.41. The molecule has 1 aromatic carbocycles. The summed E-state index contributed by atoms with van der Waals surface area (Å²) >= 11 is 0. The van der Waals surface area contributed by atoms with E-state index in [4.69, 9.17) is 10.0 Å². The predicted octanol–water partition coefficient (Wildman–Crippen LogP) is 0.675. The van der Waals surface area contributed by atoms with Gasteiger partial charge in [-0.25, -0.2) is 0 Å². The van der Waals surface area contributed by atoms with Crippen molar-refractivity contribution in [2.24, 2.45) is 0 Å². The fraction of sp³-hybridized carbons (Fsp3) is 0.462. The molecule has 98 valence electrons. The molecule has 4 nitrogen and oxygen atoms in total. The van der Waals surface area contributed by atoms with Crippen molar-refractivity contribution >= 4 is 18.5 Å². The molecule has 5 heteroatoms. The van der Waals surface area contributed by atoms with E-state index in [0.29, 0.717) is 11.0 Å². The third-order valence-corrected chi connectivity index (χ3v) is 3.41. The lowest BCUT2D eigenvalue weighted by atomic mass is 9.80. The molecule has 0 atom stereocenters. The van der Waals surface area contributed by atoms with Gasteiger partial charge in [0.15, 0.2) is 0 Å². The summed E-state index contributed by atoms with van der Waals surface area (Å²) in [7, 11) is -1.49. The highest BCUT2D eigenvalue weighted by molar-refractivity contribution is 6.58. The Kier molecular flexibility index (Phi) is 4.39. The first-order chi connectivity index (χ1) is 8.66. The number of hydrogen-bond acceptors (Lipinski definition) is 3. The number of carbonyl (C=O) groups excluding carboxylic acids is 1. The minimum Gasteiger partial charge on any atom is -0.423 e. The van der Waals surface area contributed by atoms with Crippen LogP contribution in [0.3, 0.4) is 0 Å². The maximum Gasteiger partial charge on any atom is 0.488 e. The highest BCUT2D eigenvalue weighted by Crippen LogP contribution is 2.17. The number of rotatable bonds is 3. The Morgan fingerprint density at radius 2 is 1.78 bits per heavy atom. The highest BCUT2D eigenvalue weighted by atomic mass is 16.4. The zero-order valence-corrected chi connectivity index (χ0v) is 10.3. The first-order valence-electron chi connectivity index (χ1n) is 6.44. The van der Waals surface area contributed by atoms with Crippen molar-refractivity contribution in [3.8, 4) is 0 Å². The molecule has 2 rings (SSSR count). The molecule has 1 aliphatic rings. The van der Waals surface area contributed by atoms with Gasteiger partial charge in [-0.2, -0.15) is 0 Å². The number of benzene rings is 1. The molecule has 1 saturated carbocycles. The van der Waals surface area contributed by atoms with Crippen molar-refractivity contribution in [2.45, 2.75) is 38.1 Å². The van der Waals surface area contributed by atoms with E-state index in [-0.39, 0.29) is 13.4 Å². The Hall–Kier alpha value is -1.33. The van der Waals surface area contributed by atoms with E-state index >= 15 is 0 Å². The topological polar surface area (TPSA) is 69.6 Å². The summed E-state index contributed by atoms with van der Waals surface area (Å²) in [6, 6.07) is 6.63. The molecule has 0 aliphatic heterocycles. The lowest BCUT2D eigenvalue weighted by Gasteiger charge is -2.22. The molecule has 0 heterocycles. The first-order valence-corrected chi connectivity index (χ1v) is 6.44. The second-order valence-electron chi connectivity index (χ2n) is 4.80. The van der Waals surface area contributed by atoms with E-state index < -0.39 is 7.12 Å². The van der Waals surface area contributed by atoms with Crippen LogP contribution in [0.25, 0.3) is 0 Å². The maximum absolute atomic E-state index is 12.0. The highest BCUT2D eigenvalue weighted by Gasteiger charge is 2.17. The van der Waals surface area contributed by atoms with E-state index in [1.54, 1.807) is 24.3 Å². The Bertz CT molecular complexity index is 405. The fourth-order valence-electron chi connectivity index (χ4n) is 2.32. The lowest BCUT2D eigenvalue weighted by molar-refractivity contribution is 0.0927. The summed E-state index contributed by atoms with van der Waals surface area (Å²) in [6.45, 7) is 0. The Balaban J connectivity index is 0.00000180. The van der Waals surface area contributed by atoms with E-state index in [9.17, 15) is 4.79 Å². The van der Waals surface area contributed by atoms with Gasteiger partial charge in [0.25, 0.3) is 5.91 Å². The predicted molar refractivity (Wildman–Crippen MR) is 72.7 cm³/mol. The van der Waals surface area contributed by atoms with Crippen LogP contribution in [-0.4, -0.2) is 29.1 Å². The Morgan fingerprint density at radius 1 is 1.17 bits per heavy atom. The summed E-state index contributed by atoms with van der Waals surface area (Å²) in [5.74, 6) is -0.0825. The average molecular weight is 249 g/mol. The van der Waals surface area contributed by atoms with Crippen molar-refractivity contribution in [3.05, 3.63) is 29.8 Å². The van der Waals surface area contributed by atoms with Crippen LogP contribution in [0.15, 0.2) is 24.3 Å². The largest absolute Gasteiger partial charge is 0.488 e. The molecule has 0 aromatic heterocycles. The molecule has 0 bridgehead atoms. The summed E-state index contributed by atoms with van der Waals surface area (Å²) in [6.07, 6.45) is 5.73. The zero-order chi connectivity index (χ0) is 13.0. The molecule has 0 saturated heterocycles. The summed E-state index contributed by atoms with van der Waals surface area (Å²) < 4.78 is 0. The number of carbonyl (C=O) groups is 1. The molecule has 0 spiro atoms. The minimum atomic E-state index is -1.49. The van der Waals surface area contributed by atoms with Gasteiger partial charge in [-0.05, 0) is 30.4 Å². The van der Waals surface area contributed by atoms with E-state index in [0.717, 1.165) is 12.8 Å². The molecule has 0 unspecified atom stereocenters. The monoisotopic (exact) mass is 249 g/mol. The van der Waals surface area contributed by atoms with Crippen molar-refractivity contribution in [3.63, 3.8) is 0 Å². The Morgan fingerprint density at radius 3 is 2.33 bits per heavy atom. The summed E-state index contributed by atoms with van der Waals surface area (Å²) in [5.41, 5.74) is 0.953. The normalized spacial score (nSPS) is 16.3.